The number of amides is 1. The molecule has 25 heavy (non-hydrogen) atoms. The molecule has 0 N–H and O–H groups in total. The third-order valence-electron chi connectivity index (χ3n) is 4.61. The predicted molar refractivity (Wildman–Crippen MR) is 81.6 cm³/mol. The predicted octanol–water partition coefficient (Wildman–Crippen LogP) is 2.60. The minimum atomic E-state index is -1.01. The lowest BCUT2D eigenvalue weighted by Crippen LogP contribution is -2.47. The lowest BCUT2D eigenvalue weighted by molar-refractivity contribution is -0.181. The summed E-state index contributed by atoms with van der Waals surface area (Å²) in [6.45, 7) is 2.09. The highest BCUT2D eigenvalue weighted by molar-refractivity contribution is 5.99. The van der Waals surface area contributed by atoms with Crippen molar-refractivity contribution >= 4 is 5.91 Å². The van der Waals surface area contributed by atoms with Crippen LogP contribution in [0.1, 0.15) is 23.2 Å². The molecule has 0 aliphatic carbocycles. The summed E-state index contributed by atoms with van der Waals surface area (Å²) < 4.78 is 43.0. The van der Waals surface area contributed by atoms with Crippen LogP contribution >= 0.6 is 0 Å². The van der Waals surface area contributed by atoms with Crippen LogP contribution in [0.4, 0.5) is 8.78 Å². The molecule has 2 saturated heterocycles. The molecule has 1 aromatic carbocycles. The summed E-state index contributed by atoms with van der Waals surface area (Å²) >= 11 is 0. The van der Waals surface area contributed by atoms with E-state index in [1.807, 2.05) is 0 Å². The molecule has 2 fully saturated rings. The molecule has 2 aliphatic rings. The second-order valence-corrected chi connectivity index (χ2v) is 6.10. The van der Waals surface area contributed by atoms with Gasteiger partial charge in [0.05, 0.1) is 19.4 Å². The number of nitrogens with zero attached hydrogens (tertiary/aromatic N) is 2. The maximum atomic E-state index is 13.5. The molecule has 0 atom stereocenters. The molecule has 1 aromatic heterocycles. The molecule has 2 aliphatic heterocycles. The van der Waals surface area contributed by atoms with E-state index in [-0.39, 0.29) is 22.8 Å². The summed E-state index contributed by atoms with van der Waals surface area (Å²) in [5.41, 5.74) is 0.478. The van der Waals surface area contributed by atoms with Crippen LogP contribution in [0.5, 0.6) is 0 Å². The lowest BCUT2D eigenvalue weighted by Gasteiger charge is -2.37. The van der Waals surface area contributed by atoms with Gasteiger partial charge in [0.1, 0.15) is 5.56 Å². The highest BCUT2D eigenvalue weighted by atomic mass is 19.2. The van der Waals surface area contributed by atoms with E-state index in [9.17, 15) is 13.6 Å². The molecule has 1 amide bonds. The standard InChI is InChI=1S/C17H16F2N2O4/c18-13-2-1-11(9-14(13)19)15-12(10-20-25-15)16(22)21-5-3-17(4-6-21)23-7-8-24-17/h1-2,9-10H,3-8H2. The monoisotopic (exact) mass is 350 g/mol. The Hall–Kier alpha value is -2.32. The maximum Gasteiger partial charge on any atom is 0.259 e. The second-order valence-electron chi connectivity index (χ2n) is 6.10. The number of hydrogen-bond acceptors (Lipinski definition) is 5. The Kier molecular flexibility index (Phi) is 4.01. The van der Waals surface area contributed by atoms with Gasteiger partial charge in [0, 0.05) is 31.5 Å². The fourth-order valence-corrected chi connectivity index (χ4v) is 3.24. The van der Waals surface area contributed by atoms with Crippen molar-refractivity contribution in [1.29, 1.82) is 0 Å². The average Bonchev–Trinajstić information content (AvgIpc) is 3.27. The summed E-state index contributed by atoms with van der Waals surface area (Å²) in [5, 5.41) is 3.65. The zero-order valence-electron chi connectivity index (χ0n) is 13.3. The summed E-state index contributed by atoms with van der Waals surface area (Å²) in [7, 11) is 0. The van der Waals surface area contributed by atoms with Crippen LogP contribution in [-0.4, -0.2) is 48.1 Å². The fraction of sp³-hybridized carbons (Fsp3) is 0.412. The van der Waals surface area contributed by atoms with Crippen molar-refractivity contribution in [3.8, 4) is 11.3 Å². The fourth-order valence-electron chi connectivity index (χ4n) is 3.24. The molecule has 8 heteroatoms. The minimum absolute atomic E-state index is 0.123. The average molecular weight is 350 g/mol. The molecule has 2 aromatic rings. The highest BCUT2D eigenvalue weighted by Gasteiger charge is 2.41. The quantitative estimate of drug-likeness (QED) is 0.833. The first-order valence-corrected chi connectivity index (χ1v) is 8.05. The molecule has 132 valence electrons. The summed E-state index contributed by atoms with van der Waals surface area (Å²) in [6.07, 6.45) is 2.47. The number of ether oxygens (including phenoxy) is 2. The Balaban J connectivity index is 1.54. The number of carbonyl (C=O) groups is 1. The normalized spacial score (nSPS) is 19.5. The number of piperidine rings is 1. The highest BCUT2D eigenvalue weighted by Crippen LogP contribution is 2.33. The summed E-state index contributed by atoms with van der Waals surface area (Å²) in [6, 6.07) is 3.32. The van der Waals surface area contributed by atoms with Gasteiger partial charge in [-0.05, 0) is 18.2 Å². The van der Waals surface area contributed by atoms with E-state index in [0.29, 0.717) is 39.1 Å². The molecule has 4 rings (SSSR count). The Morgan fingerprint density at radius 1 is 1.12 bits per heavy atom. The molecule has 6 nitrogen and oxygen atoms in total. The van der Waals surface area contributed by atoms with Gasteiger partial charge < -0.3 is 18.9 Å². The van der Waals surface area contributed by atoms with E-state index in [4.69, 9.17) is 14.0 Å². The van der Waals surface area contributed by atoms with Crippen molar-refractivity contribution in [2.75, 3.05) is 26.3 Å². The zero-order chi connectivity index (χ0) is 17.4. The first kappa shape index (κ1) is 16.2. The van der Waals surface area contributed by atoms with Crippen LogP contribution in [0.2, 0.25) is 0 Å². The van der Waals surface area contributed by atoms with E-state index in [1.54, 1.807) is 4.90 Å². The third kappa shape index (κ3) is 2.91. The molecule has 0 saturated carbocycles. The number of hydrogen-bond donors (Lipinski definition) is 0. The molecule has 1 spiro atoms. The molecule has 0 radical (unpaired) electrons. The van der Waals surface area contributed by atoms with Gasteiger partial charge in [-0.1, -0.05) is 5.16 Å². The van der Waals surface area contributed by atoms with Gasteiger partial charge in [0.2, 0.25) is 0 Å². The van der Waals surface area contributed by atoms with Crippen LogP contribution < -0.4 is 0 Å². The van der Waals surface area contributed by atoms with Gasteiger partial charge >= 0.3 is 0 Å². The Labute approximate surface area is 142 Å². The smallest absolute Gasteiger partial charge is 0.259 e. The Morgan fingerprint density at radius 3 is 2.52 bits per heavy atom. The number of halogens is 2. The van der Waals surface area contributed by atoms with Crippen LogP contribution in [0, 0.1) is 11.6 Å². The molecule has 0 bridgehead atoms. The maximum absolute atomic E-state index is 13.5. The topological polar surface area (TPSA) is 64.8 Å². The van der Waals surface area contributed by atoms with E-state index >= 15 is 0 Å². The van der Waals surface area contributed by atoms with Gasteiger partial charge in [-0.25, -0.2) is 8.78 Å². The molecule has 3 heterocycles. The Morgan fingerprint density at radius 2 is 1.84 bits per heavy atom. The first-order chi connectivity index (χ1) is 12.1. The minimum Gasteiger partial charge on any atom is -0.355 e. The van der Waals surface area contributed by atoms with E-state index in [2.05, 4.69) is 5.16 Å². The Bertz CT molecular complexity index is 792. The summed E-state index contributed by atoms with van der Waals surface area (Å²) in [4.78, 5) is 14.4. The SMILES string of the molecule is O=C(c1cnoc1-c1ccc(F)c(F)c1)N1CCC2(CC1)OCCO2. The lowest BCUT2D eigenvalue weighted by atomic mass is 10.0. The van der Waals surface area contributed by atoms with Gasteiger partial charge in [-0.2, -0.15) is 0 Å². The van der Waals surface area contributed by atoms with E-state index in [1.165, 1.54) is 12.3 Å². The number of benzene rings is 1. The van der Waals surface area contributed by atoms with Gasteiger partial charge in [0.15, 0.2) is 23.2 Å². The van der Waals surface area contributed by atoms with Crippen molar-refractivity contribution in [3.05, 3.63) is 41.6 Å². The van der Waals surface area contributed by atoms with Crippen LogP contribution in [0.15, 0.2) is 28.9 Å². The molecular weight excluding hydrogens is 334 g/mol. The first-order valence-electron chi connectivity index (χ1n) is 8.05. The third-order valence-corrected chi connectivity index (χ3v) is 4.61. The molecular formula is C17H16F2N2O4. The van der Waals surface area contributed by atoms with Crippen molar-refractivity contribution in [2.24, 2.45) is 0 Å². The number of rotatable bonds is 2. The van der Waals surface area contributed by atoms with Crippen molar-refractivity contribution in [3.63, 3.8) is 0 Å². The number of aromatic nitrogens is 1. The largest absolute Gasteiger partial charge is 0.355 e. The van der Waals surface area contributed by atoms with E-state index in [0.717, 1.165) is 12.1 Å². The summed E-state index contributed by atoms with van der Waals surface area (Å²) in [5.74, 6) is -2.70. The van der Waals surface area contributed by atoms with Crippen LogP contribution in [-0.2, 0) is 9.47 Å². The zero-order valence-corrected chi connectivity index (χ0v) is 13.3. The van der Waals surface area contributed by atoms with Gasteiger partial charge in [-0.15, -0.1) is 0 Å². The van der Waals surface area contributed by atoms with Gasteiger partial charge in [0.25, 0.3) is 5.91 Å². The van der Waals surface area contributed by atoms with Gasteiger partial charge in [-0.3, -0.25) is 4.79 Å². The second kappa shape index (κ2) is 6.20. The van der Waals surface area contributed by atoms with Crippen LogP contribution in [0.25, 0.3) is 11.3 Å². The number of carbonyl (C=O) groups excluding carboxylic acids is 1. The molecule has 0 unspecified atom stereocenters. The van der Waals surface area contributed by atoms with Crippen LogP contribution in [0.3, 0.4) is 0 Å². The van der Waals surface area contributed by atoms with Crippen molar-refractivity contribution < 1.29 is 27.6 Å². The van der Waals surface area contributed by atoms with Crippen molar-refractivity contribution in [1.82, 2.24) is 10.1 Å². The number of likely N-dealkylation sites (tertiary alicyclic amines) is 1. The van der Waals surface area contributed by atoms with E-state index < -0.39 is 17.4 Å². The van der Waals surface area contributed by atoms with Crippen molar-refractivity contribution in [2.45, 2.75) is 18.6 Å².